The molecule has 3 rings (SSSR count). The lowest BCUT2D eigenvalue weighted by Crippen LogP contribution is -2.08. The molecule has 18 heavy (non-hydrogen) atoms. The first-order valence-corrected chi connectivity index (χ1v) is 5.81. The van der Waals surface area contributed by atoms with E-state index >= 15 is 0 Å². The summed E-state index contributed by atoms with van der Waals surface area (Å²) in [6.07, 6.45) is 2.95. The quantitative estimate of drug-likeness (QED) is 0.757. The summed E-state index contributed by atoms with van der Waals surface area (Å²) >= 11 is 0. The highest BCUT2D eigenvalue weighted by Crippen LogP contribution is 2.17. The zero-order chi connectivity index (χ0) is 12.5. The van der Waals surface area contributed by atoms with Gasteiger partial charge in [-0.2, -0.15) is 5.10 Å². The van der Waals surface area contributed by atoms with Crippen LogP contribution in [0.1, 0.15) is 11.8 Å². The number of aromatic nitrogens is 4. The van der Waals surface area contributed by atoms with Gasteiger partial charge in [0.2, 0.25) is 0 Å². The molecule has 0 aliphatic heterocycles. The number of aryl methyl sites for hydroxylation is 1. The normalized spacial score (nSPS) is 13.0. The molecule has 2 aromatic heterocycles. The Kier molecular flexibility index (Phi) is 2.60. The Morgan fingerprint density at radius 2 is 2.11 bits per heavy atom. The van der Waals surface area contributed by atoms with E-state index in [0.29, 0.717) is 12.2 Å². The van der Waals surface area contributed by atoms with Gasteiger partial charge < -0.3 is 9.67 Å². The maximum atomic E-state index is 10.1. The van der Waals surface area contributed by atoms with Gasteiger partial charge in [-0.25, -0.2) is 4.98 Å². The standard InChI is InChI=1S/C13H14N4O/c1-16-7-6-11(15-16)13(18)8-17-9-14-10-4-2-3-5-12(10)17/h2-7,9,13,18H,8H2,1H3. The Labute approximate surface area is 104 Å². The van der Waals surface area contributed by atoms with Crippen molar-refractivity contribution in [2.24, 2.45) is 7.05 Å². The SMILES string of the molecule is Cn1ccc(C(O)Cn2cnc3ccccc32)n1. The lowest BCUT2D eigenvalue weighted by molar-refractivity contribution is 0.152. The summed E-state index contributed by atoms with van der Waals surface area (Å²) in [5.41, 5.74) is 2.63. The van der Waals surface area contributed by atoms with E-state index in [1.54, 1.807) is 11.0 Å². The van der Waals surface area contributed by atoms with Crippen molar-refractivity contribution in [3.05, 3.63) is 48.5 Å². The maximum Gasteiger partial charge on any atom is 0.116 e. The van der Waals surface area contributed by atoms with Gasteiger partial charge in [0.25, 0.3) is 0 Å². The summed E-state index contributed by atoms with van der Waals surface area (Å²) < 4.78 is 3.62. The summed E-state index contributed by atoms with van der Waals surface area (Å²) in [7, 11) is 1.84. The van der Waals surface area contributed by atoms with Crippen molar-refractivity contribution in [3.63, 3.8) is 0 Å². The first-order valence-electron chi connectivity index (χ1n) is 5.81. The first kappa shape index (κ1) is 11.0. The molecule has 2 heterocycles. The van der Waals surface area contributed by atoms with Crippen LogP contribution in [-0.4, -0.2) is 24.4 Å². The second kappa shape index (κ2) is 4.27. The number of imidazole rings is 1. The Morgan fingerprint density at radius 3 is 2.89 bits per heavy atom. The molecule has 0 amide bonds. The average Bonchev–Trinajstić information content (AvgIpc) is 2.97. The molecule has 3 aromatic rings. The van der Waals surface area contributed by atoms with E-state index in [1.807, 2.05) is 48.1 Å². The molecule has 0 radical (unpaired) electrons. The lowest BCUT2D eigenvalue weighted by atomic mass is 10.2. The van der Waals surface area contributed by atoms with Crippen molar-refractivity contribution in [1.29, 1.82) is 0 Å². The van der Waals surface area contributed by atoms with E-state index in [9.17, 15) is 5.11 Å². The zero-order valence-electron chi connectivity index (χ0n) is 10.1. The van der Waals surface area contributed by atoms with E-state index < -0.39 is 6.10 Å². The molecule has 92 valence electrons. The fourth-order valence-corrected chi connectivity index (χ4v) is 2.05. The van der Waals surface area contributed by atoms with E-state index in [4.69, 9.17) is 0 Å². The monoisotopic (exact) mass is 242 g/mol. The number of para-hydroxylation sites is 2. The van der Waals surface area contributed by atoms with Crippen molar-refractivity contribution in [1.82, 2.24) is 19.3 Å². The number of fused-ring (bicyclic) bond motifs is 1. The van der Waals surface area contributed by atoms with Crippen molar-refractivity contribution in [2.75, 3.05) is 0 Å². The van der Waals surface area contributed by atoms with Gasteiger partial charge in [-0.3, -0.25) is 4.68 Å². The smallest absolute Gasteiger partial charge is 0.116 e. The van der Waals surface area contributed by atoms with Gasteiger partial charge in [-0.1, -0.05) is 12.1 Å². The van der Waals surface area contributed by atoms with Crippen LogP contribution in [0.15, 0.2) is 42.9 Å². The topological polar surface area (TPSA) is 55.9 Å². The van der Waals surface area contributed by atoms with Gasteiger partial charge >= 0.3 is 0 Å². The van der Waals surface area contributed by atoms with Gasteiger partial charge in [0, 0.05) is 13.2 Å². The van der Waals surface area contributed by atoms with Crippen LogP contribution in [0.5, 0.6) is 0 Å². The molecule has 5 heteroatoms. The van der Waals surface area contributed by atoms with Gasteiger partial charge in [0.05, 0.1) is 29.6 Å². The number of benzene rings is 1. The Balaban J connectivity index is 1.88. The minimum Gasteiger partial charge on any atom is -0.385 e. The molecule has 0 aliphatic rings. The van der Waals surface area contributed by atoms with Gasteiger partial charge in [0.15, 0.2) is 0 Å². The van der Waals surface area contributed by atoms with E-state index in [0.717, 1.165) is 11.0 Å². The predicted octanol–water partition coefficient (Wildman–Crippen LogP) is 1.50. The highest BCUT2D eigenvalue weighted by molar-refractivity contribution is 5.74. The molecule has 0 fully saturated rings. The summed E-state index contributed by atoms with van der Waals surface area (Å²) in [4.78, 5) is 4.30. The van der Waals surface area contributed by atoms with Crippen LogP contribution in [0.3, 0.4) is 0 Å². The second-order valence-electron chi connectivity index (χ2n) is 4.32. The molecule has 1 atom stereocenters. The van der Waals surface area contributed by atoms with Gasteiger partial charge in [0.1, 0.15) is 6.10 Å². The Hall–Kier alpha value is -2.14. The maximum absolute atomic E-state index is 10.1. The number of aliphatic hydroxyl groups is 1. The number of rotatable bonds is 3. The van der Waals surface area contributed by atoms with Crippen LogP contribution in [0.4, 0.5) is 0 Å². The lowest BCUT2D eigenvalue weighted by Gasteiger charge is -2.09. The first-order chi connectivity index (χ1) is 8.74. The van der Waals surface area contributed by atoms with Crippen LogP contribution in [0.2, 0.25) is 0 Å². The largest absolute Gasteiger partial charge is 0.385 e. The molecule has 0 saturated carbocycles. The Morgan fingerprint density at radius 1 is 1.28 bits per heavy atom. The predicted molar refractivity (Wildman–Crippen MR) is 67.9 cm³/mol. The summed E-state index contributed by atoms with van der Waals surface area (Å²) in [5.74, 6) is 0. The van der Waals surface area contributed by atoms with Crippen LogP contribution < -0.4 is 0 Å². The minimum atomic E-state index is -0.621. The van der Waals surface area contributed by atoms with Crippen LogP contribution in [0.25, 0.3) is 11.0 Å². The third-order valence-electron chi connectivity index (χ3n) is 2.97. The second-order valence-corrected chi connectivity index (χ2v) is 4.32. The highest BCUT2D eigenvalue weighted by atomic mass is 16.3. The molecule has 0 aliphatic carbocycles. The molecule has 1 aromatic carbocycles. The Bertz CT molecular complexity index is 670. The summed E-state index contributed by atoms with van der Waals surface area (Å²) in [5, 5.41) is 14.3. The van der Waals surface area contributed by atoms with E-state index in [1.165, 1.54) is 0 Å². The molecule has 0 bridgehead atoms. The molecule has 1 unspecified atom stereocenters. The summed E-state index contributed by atoms with van der Waals surface area (Å²) in [6.45, 7) is 0.456. The molecule has 0 spiro atoms. The van der Waals surface area contributed by atoms with Crippen LogP contribution >= 0.6 is 0 Å². The number of nitrogens with zero attached hydrogens (tertiary/aromatic N) is 4. The molecular weight excluding hydrogens is 228 g/mol. The zero-order valence-corrected chi connectivity index (χ0v) is 10.1. The highest BCUT2D eigenvalue weighted by Gasteiger charge is 2.12. The molecular formula is C13H14N4O. The molecule has 0 saturated heterocycles. The fraction of sp³-hybridized carbons (Fsp3) is 0.231. The minimum absolute atomic E-state index is 0.456. The van der Waals surface area contributed by atoms with Crippen LogP contribution in [0, 0.1) is 0 Å². The molecule has 5 nitrogen and oxygen atoms in total. The van der Waals surface area contributed by atoms with Crippen molar-refractivity contribution >= 4 is 11.0 Å². The third-order valence-corrected chi connectivity index (χ3v) is 2.97. The summed E-state index contributed by atoms with van der Waals surface area (Å²) in [6, 6.07) is 9.69. The average molecular weight is 242 g/mol. The number of aliphatic hydroxyl groups excluding tert-OH is 1. The van der Waals surface area contributed by atoms with Crippen LogP contribution in [-0.2, 0) is 13.6 Å². The van der Waals surface area contributed by atoms with E-state index in [-0.39, 0.29) is 0 Å². The van der Waals surface area contributed by atoms with Gasteiger partial charge in [-0.05, 0) is 18.2 Å². The number of hydrogen-bond donors (Lipinski definition) is 1. The third kappa shape index (κ3) is 1.89. The van der Waals surface area contributed by atoms with Crippen molar-refractivity contribution in [3.8, 4) is 0 Å². The van der Waals surface area contributed by atoms with Crippen molar-refractivity contribution in [2.45, 2.75) is 12.6 Å². The van der Waals surface area contributed by atoms with Crippen molar-refractivity contribution < 1.29 is 5.11 Å². The van der Waals surface area contributed by atoms with Gasteiger partial charge in [-0.15, -0.1) is 0 Å². The fourth-order valence-electron chi connectivity index (χ4n) is 2.05. The molecule has 1 N–H and O–H groups in total. The number of hydrogen-bond acceptors (Lipinski definition) is 3. The van der Waals surface area contributed by atoms with E-state index in [2.05, 4.69) is 10.1 Å².